The van der Waals surface area contributed by atoms with Crippen LogP contribution in [0.25, 0.3) is 0 Å². The molecule has 3 rings (SSSR count). The van der Waals surface area contributed by atoms with Crippen LogP contribution in [0.2, 0.25) is 0 Å². The van der Waals surface area contributed by atoms with Crippen molar-refractivity contribution in [1.29, 1.82) is 0 Å². The molecule has 1 aliphatic carbocycles. The lowest BCUT2D eigenvalue weighted by Gasteiger charge is -2.34. The summed E-state index contributed by atoms with van der Waals surface area (Å²) in [4.78, 5) is 27.7. The fourth-order valence-electron chi connectivity index (χ4n) is 4.72. The second-order valence-corrected chi connectivity index (χ2v) is 8.24. The number of urea groups is 1. The highest BCUT2D eigenvalue weighted by molar-refractivity contribution is 5.74. The van der Waals surface area contributed by atoms with Crippen molar-refractivity contribution < 1.29 is 14.7 Å². The topological polar surface area (TPSA) is 72.9 Å². The Morgan fingerprint density at radius 1 is 1.07 bits per heavy atom. The van der Waals surface area contributed by atoms with E-state index in [-0.39, 0.29) is 24.7 Å². The van der Waals surface area contributed by atoms with Gasteiger partial charge in [-0.1, -0.05) is 43.2 Å². The van der Waals surface area contributed by atoms with Gasteiger partial charge in [-0.25, -0.2) is 4.79 Å². The van der Waals surface area contributed by atoms with Crippen LogP contribution in [0.5, 0.6) is 0 Å². The summed E-state index contributed by atoms with van der Waals surface area (Å²) in [5.41, 5.74) is 1.32. The lowest BCUT2D eigenvalue weighted by atomic mass is 9.80. The molecule has 0 spiro atoms. The number of hydrogen-bond donors (Lipinski definition) is 2. The normalized spacial score (nSPS) is 25.9. The van der Waals surface area contributed by atoms with E-state index in [1.54, 1.807) is 0 Å². The molecule has 1 heterocycles. The highest BCUT2D eigenvalue weighted by Gasteiger charge is 2.30. The minimum Gasteiger partial charge on any atom is -0.480 e. The number of amides is 2. The van der Waals surface area contributed by atoms with E-state index in [9.17, 15) is 9.59 Å². The number of nitrogens with zero attached hydrogens (tertiary/aromatic N) is 2. The first kappa shape index (κ1) is 20.6. The van der Waals surface area contributed by atoms with Crippen molar-refractivity contribution in [3.63, 3.8) is 0 Å². The van der Waals surface area contributed by atoms with Crippen LogP contribution >= 0.6 is 0 Å². The number of rotatable bonds is 5. The molecular formula is C22H33N3O3. The number of carbonyl (C=O) groups excluding carboxylic acids is 1. The van der Waals surface area contributed by atoms with Gasteiger partial charge in [0, 0.05) is 31.1 Å². The van der Waals surface area contributed by atoms with Gasteiger partial charge in [-0.05, 0) is 44.7 Å². The summed E-state index contributed by atoms with van der Waals surface area (Å²) in [6, 6.07) is 11.0. The molecule has 0 radical (unpaired) electrons. The Balaban J connectivity index is 1.57. The average molecular weight is 388 g/mol. The molecule has 0 bridgehead atoms. The second kappa shape index (κ2) is 9.92. The molecule has 28 heavy (non-hydrogen) atoms. The zero-order valence-electron chi connectivity index (χ0n) is 16.8. The molecule has 0 aromatic heterocycles. The highest BCUT2D eigenvalue weighted by Crippen LogP contribution is 2.33. The number of carboxylic acids is 1. The molecule has 154 valence electrons. The Kier molecular flexibility index (Phi) is 7.31. The number of carbonyl (C=O) groups is 2. The van der Waals surface area contributed by atoms with Crippen LogP contribution in [0.4, 0.5) is 4.79 Å². The van der Waals surface area contributed by atoms with Gasteiger partial charge in [0.2, 0.25) is 0 Å². The number of aliphatic carboxylic acids is 1. The van der Waals surface area contributed by atoms with E-state index in [1.165, 1.54) is 12.0 Å². The van der Waals surface area contributed by atoms with Crippen LogP contribution in [-0.4, -0.2) is 65.7 Å². The first-order valence-electron chi connectivity index (χ1n) is 10.6. The highest BCUT2D eigenvalue weighted by atomic mass is 16.4. The molecule has 1 saturated heterocycles. The zero-order valence-corrected chi connectivity index (χ0v) is 16.8. The number of carboxylic acid groups (broad SMARTS) is 1. The maximum absolute atomic E-state index is 13.0. The van der Waals surface area contributed by atoms with Crippen molar-refractivity contribution in [2.24, 2.45) is 0 Å². The third-order valence-corrected chi connectivity index (χ3v) is 6.30. The van der Waals surface area contributed by atoms with Crippen LogP contribution < -0.4 is 5.32 Å². The molecule has 1 saturated carbocycles. The van der Waals surface area contributed by atoms with Crippen molar-refractivity contribution in [3.05, 3.63) is 35.9 Å². The van der Waals surface area contributed by atoms with Gasteiger partial charge in [-0.3, -0.25) is 9.69 Å². The minimum atomic E-state index is -0.800. The van der Waals surface area contributed by atoms with E-state index in [4.69, 9.17) is 5.11 Å². The Labute approximate surface area is 167 Å². The van der Waals surface area contributed by atoms with Gasteiger partial charge in [0.05, 0.1) is 6.54 Å². The zero-order chi connectivity index (χ0) is 19.9. The SMILES string of the molecule is CN(CC(=O)O)C1CCCN(C(=O)NC2CCCCC2c2ccccc2)CC1. The first-order valence-corrected chi connectivity index (χ1v) is 10.6. The van der Waals surface area contributed by atoms with Crippen LogP contribution in [0.3, 0.4) is 0 Å². The van der Waals surface area contributed by atoms with Crippen LogP contribution in [0.1, 0.15) is 56.4 Å². The average Bonchev–Trinajstić information content (AvgIpc) is 2.95. The van der Waals surface area contributed by atoms with Crippen molar-refractivity contribution in [1.82, 2.24) is 15.1 Å². The lowest BCUT2D eigenvalue weighted by Crippen LogP contribution is -2.48. The molecular weight excluding hydrogens is 354 g/mol. The van der Waals surface area contributed by atoms with E-state index in [2.05, 4.69) is 29.6 Å². The minimum absolute atomic E-state index is 0.0365. The molecule has 1 aliphatic heterocycles. The second-order valence-electron chi connectivity index (χ2n) is 8.24. The summed E-state index contributed by atoms with van der Waals surface area (Å²) >= 11 is 0. The van der Waals surface area contributed by atoms with E-state index in [0.29, 0.717) is 12.5 Å². The number of likely N-dealkylation sites (tertiary alicyclic amines) is 1. The summed E-state index contributed by atoms with van der Waals surface area (Å²) in [5, 5.41) is 12.3. The van der Waals surface area contributed by atoms with E-state index in [1.807, 2.05) is 22.9 Å². The summed E-state index contributed by atoms with van der Waals surface area (Å²) in [5.74, 6) is -0.411. The molecule has 2 N–H and O–H groups in total. The largest absolute Gasteiger partial charge is 0.480 e. The van der Waals surface area contributed by atoms with Gasteiger partial charge in [0.25, 0.3) is 0 Å². The summed E-state index contributed by atoms with van der Waals surface area (Å²) in [6.45, 7) is 1.48. The summed E-state index contributed by atoms with van der Waals surface area (Å²) in [7, 11) is 1.86. The Bertz CT molecular complexity index is 652. The van der Waals surface area contributed by atoms with Crippen molar-refractivity contribution in [3.8, 4) is 0 Å². The molecule has 2 aliphatic rings. The first-order chi connectivity index (χ1) is 13.5. The molecule has 6 nitrogen and oxygen atoms in total. The summed E-state index contributed by atoms with van der Waals surface area (Å²) in [6.07, 6.45) is 7.20. The molecule has 3 atom stereocenters. The molecule has 1 aromatic rings. The molecule has 2 fully saturated rings. The third kappa shape index (κ3) is 5.47. The van der Waals surface area contributed by atoms with E-state index >= 15 is 0 Å². The summed E-state index contributed by atoms with van der Waals surface area (Å²) < 4.78 is 0. The van der Waals surface area contributed by atoms with Crippen molar-refractivity contribution in [2.75, 3.05) is 26.7 Å². The van der Waals surface area contributed by atoms with Crippen LogP contribution in [0, 0.1) is 0 Å². The number of hydrogen-bond acceptors (Lipinski definition) is 3. The number of likely N-dealkylation sites (N-methyl/N-ethyl adjacent to an activating group) is 1. The smallest absolute Gasteiger partial charge is 0.317 e. The van der Waals surface area contributed by atoms with Gasteiger partial charge in [0.15, 0.2) is 0 Å². The Hall–Kier alpha value is -2.08. The maximum Gasteiger partial charge on any atom is 0.317 e. The quantitative estimate of drug-likeness (QED) is 0.813. The van der Waals surface area contributed by atoms with Gasteiger partial charge in [-0.2, -0.15) is 0 Å². The van der Waals surface area contributed by atoms with E-state index in [0.717, 1.165) is 45.1 Å². The van der Waals surface area contributed by atoms with Gasteiger partial charge in [-0.15, -0.1) is 0 Å². The van der Waals surface area contributed by atoms with Crippen LogP contribution in [0.15, 0.2) is 30.3 Å². The number of nitrogens with one attached hydrogen (secondary N) is 1. The van der Waals surface area contributed by atoms with E-state index < -0.39 is 5.97 Å². The van der Waals surface area contributed by atoms with Crippen molar-refractivity contribution in [2.45, 2.75) is 62.9 Å². The van der Waals surface area contributed by atoms with Crippen molar-refractivity contribution >= 4 is 12.0 Å². The predicted octanol–water partition coefficient (Wildman–Crippen LogP) is 3.29. The van der Waals surface area contributed by atoms with Gasteiger partial charge < -0.3 is 15.3 Å². The predicted molar refractivity (Wildman–Crippen MR) is 109 cm³/mol. The van der Waals surface area contributed by atoms with Crippen LogP contribution in [-0.2, 0) is 4.79 Å². The standard InChI is InChI=1S/C22H33N3O3/c1-24(16-21(26)27)18-10-7-14-25(15-13-18)22(28)23-20-12-6-5-11-19(20)17-8-3-2-4-9-17/h2-4,8-9,18-20H,5-7,10-16H2,1H3,(H,23,28)(H,26,27). The molecule has 3 unspecified atom stereocenters. The molecule has 2 amide bonds. The Morgan fingerprint density at radius 2 is 1.82 bits per heavy atom. The molecule has 1 aromatic carbocycles. The molecule has 6 heteroatoms. The maximum atomic E-state index is 13.0. The fraction of sp³-hybridized carbons (Fsp3) is 0.636. The monoisotopic (exact) mass is 387 g/mol. The van der Waals surface area contributed by atoms with Gasteiger partial charge >= 0.3 is 12.0 Å². The lowest BCUT2D eigenvalue weighted by molar-refractivity contribution is -0.138. The Morgan fingerprint density at radius 3 is 2.57 bits per heavy atom. The fourth-order valence-corrected chi connectivity index (χ4v) is 4.72. The van der Waals surface area contributed by atoms with Gasteiger partial charge in [0.1, 0.15) is 0 Å². The number of benzene rings is 1. The third-order valence-electron chi connectivity index (χ3n) is 6.30.